The molecule has 1 unspecified atom stereocenters. The predicted molar refractivity (Wildman–Crippen MR) is 353 cm³/mol. The highest BCUT2D eigenvalue weighted by molar-refractivity contribution is 5.71. The Hall–Kier alpha value is -3.41. The molecule has 0 radical (unpaired) electrons. The van der Waals surface area contributed by atoms with Gasteiger partial charge in [0.15, 0.2) is 6.10 Å². The van der Waals surface area contributed by atoms with E-state index in [0.717, 1.165) is 103 Å². The number of hydrogen-bond donors (Lipinski definition) is 0. The Morgan fingerprint density at radius 3 is 0.765 bits per heavy atom. The van der Waals surface area contributed by atoms with Gasteiger partial charge in [0.05, 0.1) is 0 Å². The fourth-order valence-corrected chi connectivity index (χ4v) is 10.2. The summed E-state index contributed by atoms with van der Waals surface area (Å²) in [6, 6.07) is 0. The van der Waals surface area contributed by atoms with Crippen molar-refractivity contribution in [1.82, 2.24) is 0 Å². The first-order valence-electron chi connectivity index (χ1n) is 35.1. The normalized spacial score (nSPS) is 12.6. The molecule has 0 fully saturated rings. The van der Waals surface area contributed by atoms with Gasteiger partial charge >= 0.3 is 17.9 Å². The molecule has 0 N–H and O–H groups in total. The molecule has 0 aromatic rings. The molecule has 0 rings (SSSR count). The zero-order valence-electron chi connectivity index (χ0n) is 53.8. The molecule has 0 aliphatic carbocycles. The summed E-state index contributed by atoms with van der Waals surface area (Å²) in [5.41, 5.74) is 0. The van der Waals surface area contributed by atoms with Crippen LogP contribution in [0.4, 0.5) is 0 Å². The summed E-state index contributed by atoms with van der Waals surface area (Å²) in [5.74, 6) is -0.869. The first-order valence-corrected chi connectivity index (χ1v) is 35.1. The number of ether oxygens (including phenoxy) is 3. The molecular formula is C75H132O6. The predicted octanol–water partition coefficient (Wildman–Crippen LogP) is 24.2. The molecule has 0 aliphatic rings. The Kier molecular flexibility index (Phi) is 66.2. The van der Waals surface area contributed by atoms with Crippen molar-refractivity contribution in [3.05, 3.63) is 85.1 Å². The van der Waals surface area contributed by atoms with Crippen LogP contribution in [0.5, 0.6) is 0 Å². The highest BCUT2D eigenvalue weighted by atomic mass is 16.6. The van der Waals surface area contributed by atoms with Crippen LogP contribution < -0.4 is 0 Å². The highest BCUT2D eigenvalue weighted by Gasteiger charge is 2.19. The summed E-state index contributed by atoms with van der Waals surface area (Å²) in [5, 5.41) is 0. The molecule has 0 aromatic heterocycles. The lowest BCUT2D eigenvalue weighted by molar-refractivity contribution is -0.167. The van der Waals surface area contributed by atoms with E-state index in [1.54, 1.807) is 0 Å². The van der Waals surface area contributed by atoms with Crippen LogP contribution in [0.1, 0.15) is 355 Å². The lowest BCUT2D eigenvalue weighted by Gasteiger charge is -2.18. The van der Waals surface area contributed by atoms with Crippen LogP contribution in [0, 0.1) is 0 Å². The van der Waals surface area contributed by atoms with Gasteiger partial charge in [-0.15, -0.1) is 0 Å². The summed E-state index contributed by atoms with van der Waals surface area (Å²) in [6.07, 6.45) is 91.7. The molecule has 0 aromatic carbocycles. The number of esters is 3. The van der Waals surface area contributed by atoms with Gasteiger partial charge in [-0.25, -0.2) is 0 Å². The van der Waals surface area contributed by atoms with Gasteiger partial charge < -0.3 is 14.2 Å². The third-order valence-corrected chi connectivity index (χ3v) is 15.4. The van der Waals surface area contributed by atoms with E-state index in [4.69, 9.17) is 14.2 Å². The molecule has 6 heteroatoms. The first-order chi connectivity index (χ1) is 40.0. The Morgan fingerprint density at radius 2 is 0.481 bits per heavy atom. The quantitative estimate of drug-likeness (QED) is 0.0261. The van der Waals surface area contributed by atoms with Gasteiger partial charge in [-0.05, 0) is 96.3 Å². The lowest BCUT2D eigenvalue weighted by Crippen LogP contribution is -2.30. The van der Waals surface area contributed by atoms with E-state index >= 15 is 0 Å². The van der Waals surface area contributed by atoms with Crippen molar-refractivity contribution in [3.63, 3.8) is 0 Å². The van der Waals surface area contributed by atoms with Crippen molar-refractivity contribution in [1.29, 1.82) is 0 Å². The van der Waals surface area contributed by atoms with Crippen LogP contribution >= 0.6 is 0 Å². The molecule has 0 saturated carbocycles. The van der Waals surface area contributed by atoms with E-state index in [-0.39, 0.29) is 31.1 Å². The minimum Gasteiger partial charge on any atom is -0.462 e. The number of allylic oxidation sites excluding steroid dienone is 14. The van der Waals surface area contributed by atoms with Gasteiger partial charge in [0.1, 0.15) is 13.2 Å². The fourth-order valence-electron chi connectivity index (χ4n) is 10.2. The maximum absolute atomic E-state index is 12.9. The van der Waals surface area contributed by atoms with Crippen LogP contribution in [0.2, 0.25) is 0 Å². The second kappa shape index (κ2) is 69.1. The van der Waals surface area contributed by atoms with Crippen molar-refractivity contribution in [2.24, 2.45) is 0 Å². The SMILES string of the molecule is CC/C=C\C/C=C\C/C=C\C/C=C\C/C=C\C/C=C\CCCCCCCCCCCCC(=O)OCC(COC(=O)CCCCCCC/C=C\CCCCCCCC)OC(=O)CCCCCCCCCCCCCCCCCCCCC. The van der Waals surface area contributed by atoms with Gasteiger partial charge in [-0.1, -0.05) is 324 Å². The number of carbonyl (C=O) groups is 3. The van der Waals surface area contributed by atoms with E-state index < -0.39 is 6.10 Å². The van der Waals surface area contributed by atoms with Crippen molar-refractivity contribution in [3.8, 4) is 0 Å². The monoisotopic (exact) mass is 1130 g/mol. The molecule has 81 heavy (non-hydrogen) atoms. The Labute approximate surface area is 503 Å². The molecule has 468 valence electrons. The second-order valence-corrected chi connectivity index (χ2v) is 23.4. The first kappa shape index (κ1) is 77.6. The number of rotatable bonds is 64. The van der Waals surface area contributed by atoms with E-state index in [2.05, 4.69) is 106 Å². The van der Waals surface area contributed by atoms with Crippen LogP contribution in [-0.4, -0.2) is 37.2 Å². The smallest absolute Gasteiger partial charge is 0.306 e. The molecule has 0 aliphatic heterocycles. The zero-order chi connectivity index (χ0) is 58.5. The van der Waals surface area contributed by atoms with Crippen LogP contribution in [0.3, 0.4) is 0 Å². The summed E-state index contributed by atoms with van der Waals surface area (Å²) >= 11 is 0. The summed E-state index contributed by atoms with van der Waals surface area (Å²) < 4.78 is 17.0. The van der Waals surface area contributed by atoms with E-state index in [0.29, 0.717) is 19.3 Å². The number of unbranched alkanes of at least 4 members (excludes halogenated alkanes) is 39. The topological polar surface area (TPSA) is 78.9 Å². The molecule has 6 nitrogen and oxygen atoms in total. The van der Waals surface area contributed by atoms with Gasteiger partial charge in [0.25, 0.3) is 0 Å². The number of hydrogen-bond acceptors (Lipinski definition) is 6. The summed E-state index contributed by atoms with van der Waals surface area (Å²) in [6.45, 7) is 6.56. The molecule has 0 spiro atoms. The third kappa shape index (κ3) is 67.3. The van der Waals surface area contributed by atoms with Crippen LogP contribution in [0.15, 0.2) is 85.1 Å². The Morgan fingerprint density at radius 1 is 0.259 bits per heavy atom. The molecule has 0 amide bonds. The largest absolute Gasteiger partial charge is 0.462 e. The second-order valence-electron chi connectivity index (χ2n) is 23.4. The van der Waals surface area contributed by atoms with Crippen molar-refractivity contribution in [2.45, 2.75) is 361 Å². The van der Waals surface area contributed by atoms with Crippen molar-refractivity contribution in [2.75, 3.05) is 13.2 Å². The maximum atomic E-state index is 12.9. The van der Waals surface area contributed by atoms with Gasteiger partial charge in [-0.2, -0.15) is 0 Å². The molecular weight excluding hydrogens is 997 g/mol. The van der Waals surface area contributed by atoms with Crippen molar-refractivity contribution >= 4 is 17.9 Å². The van der Waals surface area contributed by atoms with Crippen LogP contribution in [-0.2, 0) is 28.6 Å². The molecule has 0 heterocycles. The minimum absolute atomic E-state index is 0.0775. The van der Waals surface area contributed by atoms with Crippen molar-refractivity contribution < 1.29 is 28.6 Å². The molecule has 0 bridgehead atoms. The van der Waals surface area contributed by atoms with Gasteiger partial charge in [0, 0.05) is 19.3 Å². The van der Waals surface area contributed by atoms with E-state index in [1.165, 1.54) is 212 Å². The van der Waals surface area contributed by atoms with E-state index in [1.807, 2.05) is 0 Å². The average molecular weight is 1130 g/mol. The summed E-state index contributed by atoms with van der Waals surface area (Å²) in [7, 11) is 0. The molecule has 1 atom stereocenters. The minimum atomic E-state index is -0.781. The Bertz CT molecular complexity index is 1530. The van der Waals surface area contributed by atoms with Gasteiger partial charge in [0.2, 0.25) is 0 Å². The standard InChI is InChI=1S/C75H132O6/c1-4-7-10-13-16-19-22-25-28-30-32-33-34-35-36-37-38-39-40-41-43-44-47-50-53-56-59-62-65-68-74(77)80-71-72(70-79-73(76)67-64-61-58-55-52-49-46-27-24-21-18-15-12-9-6-3)81-75(78)69-66-63-60-57-54-51-48-45-42-31-29-26-23-20-17-14-11-8-5-2/h7,10,16,19,25,27-28,32-33,35-36,38-39,46,72H,4-6,8-9,11-15,17-18,20-24,26,29-31,34,37,40-45,47-71H2,1-3H3/b10-7-,19-16-,28-25-,33-32-,36-35-,39-38-,46-27-. The Balaban J connectivity index is 4.30. The third-order valence-electron chi connectivity index (χ3n) is 15.4. The maximum Gasteiger partial charge on any atom is 0.306 e. The zero-order valence-corrected chi connectivity index (χ0v) is 53.8. The highest BCUT2D eigenvalue weighted by Crippen LogP contribution is 2.18. The number of carbonyl (C=O) groups excluding carboxylic acids is 3. The van der Waals surface area contributed by atoms with Crippen LogP contribution in [0.25, 0.3) is 0 Å². The lowest BCUT2D eigenvalue weighted by atomic mass is 10.0. The fraction of sp³-hybridized carbons (Fsp3) is 0.773. The summed E-state index contributed by atoms with van der Waals surface area (Å²) in [4.78, 5) is 38.4. The average Bonchev–Trinajstić information content (AvgIpc) is 3.47. The van der Waals surface area contributed by atoms with E-state index in [9.17, 15) is 14.4 Å². The molecule has 0 saturated heterocycles. The van der Waals surface area contributed by atoms with Gasteiger partial charge in [-0.3, -0.25) is 14.4 Å².